The van der Waals surface area contributed by atoms with Gasteiger partial charge < -0.3 is 10.1 Å². The molecule has 0 aliphatic carbocycles. The van der Waals surface area contributed by atoms with Crippen LogP contribution in [0.1, 0.15) is 45.7 Å². The summed E-state index contributed by atoms with van der Waals surface area (Å²) in [6.07, 6.45) is 0.637. The van der Waals surface area contributed by atoms with Gasteiger partial charge in [0.05, 0.1) is 6.54 Å². The number of amides is 1. The number of carbonyl (C=O) groups excluding carboxylic acids is 1. The smallest absolute Gasteiger partial charge is 0.408 e. The first-order valence-corrected chi connectivity index (χ1v) is 7.31. The minimum absolute atomic E-state index is 0.280. The lowest BCUT2D eigenvalue weighted by molar-refractivity contribution is 0.0535. The molecule has 1 rings (SSSR count). The monoisotopic (exact) mass is 287 g/mol. The maximum absolute atomic E-state index is 11.4. The second-order valence-corrected chi connectivity index (χ2v) is 6.45. The molecule has 3 heteroatoms. The molecule has 1 aromatic carbocycles. The molecule has 0 aromatic heterocycles. The van der Waals surface area contributed by atoms with Gasteiger partial charge in [-0.1, -0.05) is 37.8 Å². The standard InChI is InChI=1S/C18H25NO2/c1-14(2)13-16-10-8-15(9-11-16)7-6-12-19-17(20)21-18(3,4)5/h8-11,14H,12-13H2,1-5H3,(H,19,20). The van der Waals surface area contributed by atoms with Crippen molar-refractivity contribution in [2.75, 3.05) is 6.54 Å². The summed E-state index contributed by atoms with van der Waals surface area (Å²) in [7, 11) is 0. The maximum atomic E-state index is 11.4. The molecule has 0 heterocycles. The van der Waals surface area contributed by atoms with E-state index >= 15 is 0 Å². The van der Waals surface area contributed by atoms with Crippen molar-refractivity contribution in [1.82, 2.24) is 5.32 Å². The van der Waals surface area contributed by atoms with Gasteiger partial charge in [-0.3, -0.25) is 0 Å². The lowest BCUT2D eigenvalue weighted by Gasteiger charge is -2.18. The number of rotatable bonds is 3. The van der Waals surface area contributed by atoms with Gasteiger partial charge in [0.15, 0.2) is 0 Å². The van der Waals surface area contributed by atoms with Crippen LogP contribution in [0.5, 0.6) is 0 Å². The summed E-state index contributed by atoms with van der Waals surface area (Å²) >= 11 is 0. The van der Waals surface area contributed by atoms with Crippen LogP contribution in [0.2, 0.25) is 0 Å². The van der Waals surface area contributed by atoms with Crippen molar-refractivity contribution < 1.29 is 9.53 Å². The third kappa shape index (κ3) is 8.04. The Hall–Kier alpha value is -1.95. The molecule has 0 radical (unpaired) electrons. The quantitative estimate of drug-likeness (QED) is 0.860. The Balaban J connectivity index is 2.43. The highest BCUT2D eigenvalue weighted by molar-refractivity contribution is 5.68. The highest BCUT2D eigenvalue weighted by Gasteiger charge is 2.14. The first-order valence-electron chi connectivity index (χ1n) is 7.31. The summed E-state index contributed by atoms with van der Waals surface area (Å²) in [5.74, 6) is 6.59. The van der Waals surface area contributed by atoms with Crippen LogP contribution < -0.4 is 5.32 Å². The van der Waals surface area contributed by atoms with Crippen LogP contribution in [0.25, 0.3) is 0 Å². The summed E-state index contributed by atoms with van der Waals surface area (Å²) in [6.45, 7) is 10.2. The van der Waals surface area contributed by atoms with E-state index in [1.165, 1.54) is 5.56 Å². The minimum Gasteiger partial charge on any atom is -0.444 e. The Bertz CT molecular complexity index is 513. The number of nitrogens with one attached hydrogen (secondary N) is 1. The topological polar surface area (TPSA) is 38.3 Å². The molecule has 21 heavy (non-hydrogen) atoms. The lowest BCUT2D eigenvalue weighted by Crippen LogP contribution is -2.32. The van der Waals surface area contributed by atoms with Crippen LogP contribution in [-0.2, 0) is 11.2 Å². The summed E-state index contributed by atoms with van der Waals surface area (Å²) in [5, 5.41) is 2.61. The Morgan fingerprint density at radius 1 is 1.24 bits per heavy atom. The van der Waals surface area contributed by atoms with Gasteiger partial charge in [0.25, 0.3) is 0 Å². The van der Waals surface area contributed by atoms with Crippen molar-refractivity contribution in [3.63, 3.8) is 0 Å². The summed E-state index contributed by atoms with van der Waals surface area (Å²) < 4.78 is 5.12. The minimum atomic E-state index is -0.482. The molecule has 0 fully saturated rings. The number of carbonyl (C=O) groups is 1. The van der Waals surface area contributed by atoms with Gasteiger partial charge in [-0.05, 0) is 50.8 Å². The van der Waals surface area contributed by atoms with E-state index in [0.29, 0.717) is 5.92 Å². The molecule has 3 nitrogen and oxygen atoms in total. The second-order valence-electron chi connectivity index (χ2n) is 6.45. The highest BCUT2D eigenvalue weighted by atomic mass is 16.6. The van der Waals surface area contributed by atoms with E-state index in [2.05, 4.69) is 43.1 Å². The average molecular weight is 287 g/mol. The first-order chi connectivity index (χ1) is 9.76. The molecule has 1 aromatic rings. The first kappa shape index (κ1) is 17.1. The molecular formula is C18H25NO2. The van der Waals surface area contributed by atoms with Crippen molar-refractivity contribution in [3.8, 4) is 11.8 Å². The predicted molar refractivity (Wildman–Crippen MR) is 86.1 cm³/mol. The number of benzene rings is 1. The van der Waals surface area contributed by atoms with E-state index in [4.69, 9.17) is 4.74 Å². The molecule has 0 saturated heterocycles. The Morgan fingerprint density at radius 2 is 1.86 bits per heavy atom. The molecule has 1 amide bonds. The third-order valence-corrected chi connectivity index (χ3v) is 2.55. The molecule has 0 bridgehead atoms. The number of alkyl carbamates (subject to hydrolysis) is 1. The number of hydrogen-bond acceptors (Lipinski definition) is 2. The Kier molecular flexibility index (Phi) is 6.30. The number of ether oxygens (including phenoxy) is 1. The fourth-order valence-corrected chi connectivity index (χ4v) is 1.77. The van der Waals surface area contributed by atoms with Gasteiger partial charge in [0, 0.05) is 5.56 Å². The molecule has 0 spiro atoms. The zero-order valence-electron chi connectivity index (χ0n) is 13.6. The Morgan fingerprint density at radius 3 is 2.38 bits per heavy atom. The zero-order valence-corrected chi connectivity index (χ0v) is 13.6. The van der Waals surface area contributed by atoms with E-state index in [-0.39, 0.29) is 6.54 Å². The fraction of sp³-hybridized carbons (Fsp3) is 0.500. The molecule has 0 aliphatic heterocycles. The van der Waals surface area contributed by atoms with Crippen LogP contribution in [0.15, 0.2) is 24.3 Å². The zero-order chi connectivity index (χ0) is 15.9. The van der Waals surface area contributed by atoms with E-state index < -0.39 is 11.7 Å². The summed E-state index contributed by atoms with van der Waals surface area (Å²) in [5.41, 5.74) is 1.79. The van der Waals surface area contributed by atoms with Gasteiger partial charge in [-0.25, -0.2) is 4.79 Å². The average Bonchev–Trinajstić information content (AvgIpc) is 2.34. The molecule has 114 valence electrons. The third-order valence-electron chi connectivity index (χ3n) is 2.55. The van der Waals surface area contributed by atoms with Gasteiger partial charge in [0.1, 0.15) is 5.60 Å². The molecule has 0 aliphatic rings. The largest absolute Gasteiger partial charge is 0.444 e. The Labute approximate surface area is 128 Å². The van der Waals surface area contributed by atoms with Gasteiger partial charge >= 0.3 is 6.09 Å². The van der Waals surface area contributed by atoms with Gasteiger partial charge in [-0.2, -0.15) is 0 Å². The van der Waals surface area contributed by atoms with Crippen LogP contribution in [-0.4, -0.2) is 18.2 Å². The van der Waals surface area contributed by atoms with Crippen LogP contribution in [0.3, 0.4) is 0 Å². The van der Waals surface area contributed by atoms with E-state index in [1.54, 1.807) is 0 Å². The van der Waals surface area contributed by atoms with Crippen LogP contribution in [0.4, 0.5) is 4.79 Å². The second kappa shape index (κ2) is 7.73. The van der Waals surface area contributed by atoms with Crippen LogP contribution >= 0.6 is 0 Å². The van der Waals surface area contributed by atoms with Gasteiger partial charge in [-0.15, -0.1) is 0 Å². The SMILES string of the molecule is CC(C)Cc1ccc(C#CCNC(=O)OC(C)(C)C)cc1. The summed E-state index contributed by atoms with van der Waals surface area (Å²) in [4.78, 5) is 11.4. The molecular weight excluding hydrogens is 262 g/mol. The van der Waals surface area contributed by atoms with Crippen molar-refractivity contribution in [3.05, 3.63) is 35.4 Å². The van der Waals surface area contributed by atoms with E-state index in [0.717, 1.165) is 12.0 Å². The lowest BCUT2D eigenvalue weighted by atomic mass is 10.0. The van der Waals surface area contributed by atoms with Crippen molar-refractivity contribution >= 4 is 6.09 Å². The van der Waals surface area contributed by atoms with Crippen molar-refractivity contribution in [1.29, 1.82) is 0 Å². The predicted octanol–water partition coefficient (Wildman–Crippen LogP) is 3.76. The summed E-state index contributed by atoms with van der Waals surface area (Å²) in [6, 6.07) is 8.23. The van der Waals surface area contributed by atoms with Crippen LogP contribution in [0, 0.1) is 17.8 Å². The van der Waals surface area contributed by atoms with Gasteiger partial charge in [0.2, 0.25) is 0 Å². The molecule has 0 atom stereocenters. The molecule has 0 saturated carbocycles. The molecule has 0 unspecified atom stereocenters. The van der Waals surface area contributed by atoms with Crippen molar-refractivity contribution in [2.45, 2.75) is 46.6 Å². The van der Waals surface area contributed by atoms with Crippen molar-refractivity contribution in [2.24, 2.45) is 5.92 Å². The number of hydrogen-bond donors (Lipinski definition) is 1. The van der Waals surface area contributed by atoms with E-state index in [1.807, 2.05) is 32.9 Å². The fourth-order valence-electron chi connectivity index (χ4n) is 1.77. The van der Waals surface area contributed by atoms with E-state index in [9.17, 15) is 4.79 Å². The highest BCUT2D eigenvalue weighted by Crippen LogP contribution is 2.09. The molecule has 1 N–H and O–H groups in total. The maximum Gasteiger partial charge on any atom is 0.408 e. The normalized spacial score (nSPS) is 10.8.